The summed E-state index contributed by atoms with van der Waals surface area (Å²) in [6, 6.07) is 4.45. The Morgan fingerprint density at radius 2 is 2.12 bits per heavy atom. The van der Waals surface area contributed by atoms with E-state index in [1.807, 2.05) is 6.92 Å². The number of benzene rings is 1. The van der Waals surface area contributed by atoms with Gasteiger partial charge in [0.2, 0.25) is 0 Å². The first-order valence-corrected chi connectivity index (χ1v) is 5.20. The maximum absolute atomic E-state index is 10.9. The molecule has 0 aromatic heterocycles. The Labute approximate surface area is 99.6 Å². The highest BCUT2D eigenvalue weighted by molar-refractivity contribution is 5.88. The number of aliphatic hydroxyl groups is 1. The van der Waals surface area contributed by atoms with Gasteiger partial charge in [-0.2, -0.15) is 0 Å². The molecule has 0 saturated heterocycles. The topological polar surface area (TPSA) is 76.0 Å². The molecule has 5 heteroatoms. The van der Waals surface area contributed by atoms with Gasteiger partial charge in [-0.05, 0) is 30.7 Å². The second-order valence-electron chi connectivity index (χ2n) is 3.71. The molecule has 94 valence electrons. The van der Waals surface area contributed by atoms with Crippen molar-refractivity contribution in [2.24, 2.45) is 0 Å². The Hall–Kier alpha value is -1.59. The van der Waals surface area contributed by atoms with Crippen LogP contribution in [0.4, 0.5) is 0 Å². The van der Waals surface area contributed by atoms with Crippen LogP contribution in [0.5, 0.6) is 5.75 Å². The minimum atomic E-state index is -1.05. The van der Waals surface area contributed by atoms with E-state index in [-0.39, 0.29) is 18.3 Å². The Bertz CT molecular complexity index is 388. The lowest BCUT2D eigenvalue weighted by atomic mass is 10.1. The van der Waals surface area contributed by atoms with Gasteiger partial charge in [-0.25, -0.2) is 4.79 Å². The largest absolute Gasteiger partial charge is 0.488 e. The van der Waals surface area contributed by atoms with Gasteiger partial charge in [0.1, 0.15) is 11.9 Å². The molecular formula is C12H16O5. The molecule has 1 atom stereocenters. The number of carboxylic acid groups (broad SMARTS) is 1. The highest BCUT2D eigenvalue weighted by atomic mass is 16.5. The predicted molar refractivity (Wildman–Crippen MR) is 61.3 cm³/mol. The van der Waals surface area contributed by atoms with Crippen molar-refractivity contribution in [3.05, 3.63) is 29.3 Å². The zero-order valence-corrected chi connectivity index (χ0v) is 9.84. The zero-order valence-electron chi connectivity index (χ0n) is 9.84. The van der Waals surface area contributed by atoms with Crippen molar-refractivity contribution >= 4 is 5.97 Å². The van der Waals surface area contributed by atoms with Gasteiger partial charge in [0.05, 0.1) is 18.8 Å². The molecule has 0 heterocycles. The van der Waals surface area contributed by atoms with Crippen molar-refractivity contribution in [2.45, 2.75) is 19.6 Å². The summed E-state index contributed by atoms with van der Waals surface area (Å²) in [4.78, 5) is 10.9. The number of ether oxygens (including phenoxy) is 2. The molecular weight excluding hydrogens is 224 g/mol. The normalized spacial score (nSPS) is 12.2. The smallest absolute Gasteiger partial charge is 0.335 e. The summed E-state index contributed by atoms with van der Waals surface area (Å²) in [5, 5.41) is 17.9. The van der Waals surface area contributed by atoms with E-state index in [0.717, 1.165) is 0 Å². The van der Waals surface area contributed by atoms with E-state index in [0.29, 0.717) is 17.9 Å². The molecule has 2 N–H and O–H groups in total. The van der Waals surface area contributed by atoms with Gasteiger partial charge in [0.15, 0.2) is 0 Å². The molecule has 5 nitrogen and oxygen atoms in total. The van der Waals surface area contributed by atoms with Gasteiger partial charge in [0, 0.05) is 7.11 Å². The molecule has 0 aliphatic heterocycles. The first-order valence-electron chi connectivity index (χ1n) is 5.20. The summed E-state index contributed by atoms with van der Waals surface area (Å²) >= 11 is 0. The molecule has 1 aromatic carbocycles. The van der Waals surface area contributed by atoms with Gasteiger partial charge in [-0.3, -0.25) is 0 Å². The van der Waals surface area contributed by atoms with E-state index >= 15 is 0 Å². The molecule has 0 fully saturated rings. The number of rotatable bonds is 6. The Balaban J connectivity index is 2.90. The number of hydrogen-bond acceptors (Lipinski definition) is 4. The van der Waals surface area contributed by atoms with E-state index in [4.69, 9.17) is 19.7 Å². The van der Waals surface area contributed by atoms with Crippen LogP contribution in [0.2, 0.25) is 0 Å². The van der Waals surface area contributed by atoms with E-state index in [2.05, 4.69) is 0 Å². The summed E-state index contributed by atoms with van der Waals surface area (Å²) in [6.07, 6.45) is -0.185. The van der Waals surface area contributed by atoms with E-state index < -0.39 is 5.97 Å². The van der Waals surface area contributed by atoms with Crippen molar-refractivity contribution in [3.63, 3.8) is 0 Å². The van der Waals surface area contributed by atoms with Crippen molar-refractivity contribution < 1.29 is 24.5 Å². The fourth-order valence-electron chi connectivity index (χ4n) is 1.44. The lowest BCUT2D eigenvalue weighted by molar-refractivity contribution is 0.0694. The molecule has 0 bridgehead atoms. The molecule has 1 aromatic rings. The minimum absolute atomic E-state index is 0.0937. The van der Waals surface area contributed by atoms with Crippen molar-refractivity contribution in [3.8, 4) is 5.75 Å². The van der Waals surface area contributed by atoms with Gasteiger partial charge in [-0.15, -0.1) is 0 Å². The van der Waals surface area contributed by atoms with Crippen LogP contribution >= 0.6 is 0 Å². The second kappa shape index (κ2) is 6.22. The monoisotopic (exact) mass is 240 g/mol. The van der Waals surface area contributed by atoms with Crippen molar-refractivity contribution in [1.29, 1.82) is 0 Å². The van der Waals surface area contributed by atoms with Crippen LogP contribution in [-0.2, 0) is 11.3 Å². The molecule has 0 saturated carbocycles. The third kappa shape index (κ3) is 4.05. The number of carboxylic acids is 1. The van der Waals surface area contributed by atoms with Crippen molar-refractivity contribution in [2.75, 3.05) is 13.7 Å². The Kier molecular flexibility index (Phi) is 4.93. The maximum atomic E-state index is 10.9. The van der Waals surface area contributed by atoms with Crippen LogP contribution in [0.1, 0.15) is 22.8 Å². The number of carbonyl (C=O) groups is 1. The fraction of sp³-hybridized carbons (Fsp3) is 0.417. The summed E-state index contributed by atoms with van der Waals surface area (Å²) in [7, 11) is 1.56. The molecule has 0 aliphatic rings. The third-order valence-electron chi connectivity index (χ3n) is 2.13. The minimum Gasteiger partial charge on any atom is -0.488 e. The fourth-order valence-corrected chi connectivity index (χ4v) is 1.44. The third-order valence-corrected chi connectivity index (χ3v) is 2.13. The lowest BCUT2D eigenvalue weighted by Crippen LogP contribution is -2.18. The van der Waals surface area contributed by atoms with Crippen LogP contribution in [0.15, 0.2) is 18.2 Å². The summed E-state index contributed by atoms with van der Waals surface area (Å²) in [6.45, 7) is 2.00. The highest BCUT2D eigenvalue weighted by Crippen LogP contribution is 2.19. The number of methoxy groups -OCH3 is 1. The van der Waals surface area contributed by atoms with Crippen LogP contribution < -0.4 is 4.74 Å². The molecule has 0 unspecified atom stereocenters. The Morgan fingerprint density at radius 3 is 2.65 bits per heavy atom. The van der Waals surface area contributed by atoms with Gasteiger partial charge >= 0.3 is 5.97 Å². The number of aliphatic hydroxyl groups excluding tert-OH is 1. The SMILES string of the molecule is COC[C@H](C)Oc1cc(CO)cc(C(=O)O)c1. The summed E-state index contributed by atoms with van der Waals surface area (Å²) < 4.78 is 10.4. The average molecular weight is 240 g/mol. The van der Waals surface area contributed by atoms with Crippen molar-refractivity contribution in [1.82, 2.24) is 0 Å². The molecule has 0 amide bonds. The molecule has 1 rings (SSSR count). The Morgan fingerprint density at radius 1 is 1.41 bits per heavy atom. The first kappa shape index (κ1) is 13.5. The quantitative estimate of drug-likeness (QED) is 0.783. The molecule has 0 radical (unpaired) electrons. The molecule has 17 heavy (non-hydrogen) atoms. The van der Waals surface area contributed by atoms with Crippen LogP contribution in [-0.4, -0.2) is 36.0 Å². The maximum Gasteiger partial charge on any atom is 0.335 e. The van der Waals surface area contributed by atoms with Gasteiger partial charge in [0.25, 0.3) is 0 Å². The standard InChI is InChI=1S/C12H16O5/c1-8(7-16-2)17-11-4-9(6-13)3-10(5-11)12(14)15/h3-5,8,13H,6-7H2,1-2H3,(H,14,15)/t8-/m0/s1. The highest BCUT2D eigenvalue weighted by Gasteiger charge is 2.10. The van der Waals surface area contributed by atoms with Crippen LogP contribution in [0.3, 0.4) is 0 Å². The molecule has 0 aliphatic carbocycles. The number of aromatic carboxylic acids is 1. The lowest BCUT2D eigenvalue weighted by Gasteiger charge is -2.14. The van der Waals surface area contributed by atoms with Gasteiger partial charge < -0.3 is 19.7 Å². The first-order chi connectivity index (χ1) is 8.06. The second-order valence-corrected chi connectivity index (χ2v) is 3.71. The van der Waals surface area contributed by atoms with E-state index in [1.54, 1.807) is 13.2 Å². The van der Waals surface area contributed by atoms with E-state index in [9.17, 15) is 4.79 Å². The average Bonchev–Trinajstić information content (AvgIpc) is 2.28. The number of hydrogen-bond donors (Lipinski definition) is 2. The summed E-state index contributed by atoms with van der Waals surface area (Å²) in [5.74, 6) is -0.636. The van der Waals surface area contributed by atoms with Crippen LogP contribution in [0.25, 0.3) is 0 Å². The van der Waals surface area contributed by atoms with Gasteiger partial charge in [-0.1, -0.05) is 0 Å². The van der Waals surface area contributed by atoms with Crippen LogP contribution in [0, 0.1) is 0 Å². The molecule has 0 spiro atoms. The predicted octanol–water partition coefficient (Wildman–Crippen LogP) is 1.29. The van der Waals surface area contributed by atoms with E-state index in [1.165, 1.54) is 12.1 Å². The summed E-state index contributed by atoms with van der Waals surface area (Å²) in [5.41, 5.74) is 0.598. The zero-order chi connectivity index (χ0) is 12.8.